The molecule has 2 aromatic carbocycles. The quantitative estimate of drug-likeness (QED) is 0.845. The van der Waals surface area contributed by atoms with Gasteiger partial charge in [0, 0.05) is 31.4 Å². The number of anilines is 1. The Hall–Kier alpha value is -2.04. The molecule has 2 aromatic rings. The van der Waals surface area contributed by atoms with Gasteiger partial charge in [-0.2, -0.15) is 0 Å². The summed E-state index contributed by atoms with van der Waals surface area (Å²) in [6.07, 6.45) is 1.60. The highest BCUT2D eigenvalue weighted by molar-refractivity contribution is 5.48. The van der Waals surface area contributed by atoms with E-state index in [2.05, 4.69) is 53.5 Å². The van der Waals surface area contributed by atoms with E-state index in [1.54, 1.807) is 7.11 Å². The van der Waals surface area contributed by atoms with Gasteiger partial charge in [0.25, 0.3) is 0 Å². The average Bonchev–Trinajstić information content (AvgIpc) is 2.67. The summed E-state index contributed by atoms with van der Waals surface area (Å²) in [6.45, 7) is 4.89. The Morgan fingerprint density at radius 1 is 1.08 bits per heavy atom. The predicted molar refractivity (Wildman–Crippen MR) is 102 cm³/mol. The molecule has 1 heterocycles. The highest BCUT2D eigenvalue weighted by atomic mass is 16.5. The van der Waals surface area contributed by atoms with Crippen LogP contribution in [-0.4, -0.2) is 31.4 Å². The Morgan fingerprint density at radius 2 is 1.72 bits per heavy atom. The van der Waals surface area contributed by atoms with Crippen molar-refractivity contribution in [3.8, 4) is 5.75 Å². The molecule has 4 nitrogen and oxygen atoms in total. The number of nitrogens with one attached hydrogen (secondary N) is 1. The van der Waals surface area contributed by atoms with Gasteiger partial charge < -0.3 is 20.1 Å². The van der Waals surface area contributed by atoms with Gasteiger partial charge in [-0.3, -0.25) is 0 Å². The standard InChI is InChI=1S/C21H28N2O2/c1-16(22-15-17-3-9-21(25-2)10-4-17)18-5-7-19(8-6-18)23-13-11-20(24)12-14-23/h3-10,16,20,22,24H,11-15H2,1-2H3. The summed E-state index contributed by atoms with van der Waals surface area (Å²) in [5.74, 6) is 0.887. The summed E-state index contributed by atoms with van der Waals surface area (Å²) in [5.41, 5.74) is 3.78. The number of hydrogen-bond donors (Lipinski definition) is 2. The van der Waals surface area contributed by atoms with Gasteiger partial charge in [0.1, 0.15) is 5.75 Å². The summed E-state index contributed by atoms with van der Waals surface area (Å²) < 4.78 is 5.19. The van der Waals surface area contributed by atoms with Crippen LogP contribution in [0.4, 0.5) is 5.69 Å². The molecule has 3 rings (SSSR count). The van der Waals surface area contributed by atoms with Crippen molar-refractivity contribution in [3.05, 3.63) is 59.7 Å². The van der Waals surface area contributed by atoms with Crippen molar-refractivity contribution in [1.82, 2.24) is 5.32 Å². The predicted octanol–water partition coefficient (Wildman–Crippen LogP) is 3.51. The number of rotatable bonds is 6. The van der Waals surface area contributed by atoms with Crippen LogP contribution in [0.3, 0.4) is 0 Å². The van der Waals surface area contributed by atoms with Crippen molar-refractivity contribution in [1.29, 1.82) is 0 Å². The van der Waals surface area contributed by atoms with E-state index < -0.39 is 0 Å². The third-order valence-corrected chi connectivity index (χ3v) is 4.99. The van der Waals surface area contributed by atoms with Crippen LogP contribution in [0.1, 0.15) is 36.9 Å². The molecule has 0 bridgehead atoms. The van der Waals surface area contributed by atoms with E-state index in [1.807, 2.05) is 12.1 Å². The highest BCUT2D eigenvalue weighted by Crippen LogP contribution is 2.23. The normalized spacial score (nSPS) is 16.7. The number of nitrogens with zero attached hydrogens (tertiary/aromatic N) is 1. The monoisotopic (exact) mass is 340 g/mol. The first-order chi connectivity index (χ1) is 12.2. The number of piperidine rings is 1. The largest absolute Gasteiger partial charge is 0.497 e. The number of benzene rings is 2. The molecule has 0 aromatic heterocycles. The minimum atomic E-state index is -0.127. The second-order valence-corrected chi connectivity index (χ2v) is 6.76. The third-order valence-electron chi connectivity index (χ3n) is 4.99. The van der Waals surface area contributed by atoms with Crippen LogP contribution in [0.25, 0.3) is 0 Å². The molecule has 1 unspecified atom stereocenters. The van der Waals surface area contributed by atoms with Crippen molar-refractivity contribution < 1.29 is 9.84 Å². The van der Waals surface area contributed by atoms with Crippen molar-refractivity contribution in [3.63, 3.8) is 0 Å². The van der Waals surface area contributed by atoms with Gasteiger partial charge in [0.05, 0.1) is 13.2 Å². The molecule has 1 aliphatic heterocycles. The number of hydrogen-bond acceptors (Lipinski definition) is 4. The van der Waals surface area contributed by atoms with Crippen LogP contribution < -0.4 is 15.0 Å². The van der Waals surface area contributed by atoms with Crippen molar-refractivity contribution in [2.24, 2.45) is 0 Å². The van der Waals surface area contributed by atoms with E-state index in [0.717, 1.165) is 38.2 Å². The molecule has 134 valence electrons. The summed E-state index contributed by atoms with van der Waals surface area (Å²) in [7, 11) is 1.69. The molecule has 2 N–H and O–H groups in total. The number of ether oxygens (including phenoxy) is 1. The zero-order valence-electron chi connectivity index (χ0n) is 15.1. The molecule has 1 atom stereocenters. The maximum Gasteiger partial charge on any atom is 0.118 e. The lowest BCUT2D eigenvalue weighted by Crippen LogP contribution is -2.35. The molecule has 25 heavy (non-hydrogen) atoms. The Morgan fingerprint density at radius 3 is 2.32 bits per heavy atom. The highest BCUT2D eigenvalue weighted by Gasteiger charge is 2.17. The molecular formula is C21H28N2O2. The minimum absolute atomic E-state index is 0.127. The van der Waals surface area contributed by atoms with Gasteiger partial charge in [-0.1, -0.05) is 24.3 Å². The Labute approximate surface area is 150 Å². The molecule has 0 amide bonds. The van der Waals surface area contributed by atoms with Gasteiger partial charge in [0.15, 0.2) is 0 Å². The van der Waals surface area contributed by atoms with Gasteiger partial charge in [0.2, 0.25) is 0 Å². The lowest BCUT2D eigenvalue weighted by atomic mass is 10.0. The number of aliphatic hydroxyl groups excluding tert-OH is 1. The average molecular weight is 340 g/mol. The molecule has 0 saturated carbocycles. The van der Waals surface area contributed by atoms with Crippen LogP contribution >= 0.6 is 0 Å². The van der Waals surface area contributed by atoms with E-state index >= 15 is 0 Å². The Bertz CT molecular complexity index is 647. The van der Waals surface area contributed by atoms with E-state index in [9.17, 15) is 5.11 Å². The summed E-state index contributed by atoms with van der Waals surface area (Å²) in [5, 5.41) is 13.2. The first kappa shape index (κ1) is 17.8. The van der Waals surface area contributed by atoms with E-state index in [-0.39, 0.29) is 6.10 Å². The molecule has 1 saturated heterocycles. The molecule has 0 spiro atoms. The van der Waals surface area contributed by atoms with Crippen LogP contribution in [0.15, 0.2) is 48.5 Å². The first-order valence-corrected chi connectivity index (χ1v) is 9.05. The molecular weight excluding hydrogens is 312 g/mol. The number of aliphatic hydroxyl groups is 1. The van der Waals surface area contributed by atoms with E-state index in [4.69, 9.17) is 4.74 Å². The third kappa shape index (κ3) is 4.74. The summed E-state index contributed by atoms with van der Waals surface area (Å²) in [6, 6.07) is 17.2. The molecule has 0 aliphatic carbocycles. The second kappa shape index (κ2) is 8.37. The molecule has 0 radical (unpaired) electrons. The van der Waals surface area contributed by atoms with Crippen LogP contribution in [0.2, 0.25) is 0 Å². The SMILES string of the molecule is COc1ccc(CNC(C)c2ccc(N3CCC(O)CC3)cc2)cc1. The lowest BCUT2D eigenvalue weighted by molar-refractivity contribution is 0.145. The molecule has 1 aliphatic rings. The van der Waals surface area contributed by atoms with Gasteiger partial charge in [-0.05, 0) is 55.2 Å². The van der Waals surface area contributed by atoms with Crippen molar-refractivity contribution >= 4 is 5.69 Å². The summed E-state index contributed by atoms with van der Waals surface area (Å²) >= 11 is 0. The molecule has 4 heteroatoms. The first-order valence-electron chi connectivity index (χ1n) is 9.05. The lowest BCUT2D eigenvalue weighted by Gasteiger charge is -2.31. The maximum atomic E-state index is 9.63. The van der Waals surface area contributed by atoms with Gasteiger partial charge in [-0.25, -0.2) is 0 Å². The van der Waals surface area contributed by atoms with E-state index in [1.165, 1.54) is 16.8 Å². The maximum absolute atomic E-state index is 9.63. The topological polar surface area (TPSA) is 44.7 Å². The zero-order valence-corrected chi connectivity index (χ0v) is 15.1. The summed E-state index contributed by atoms with van der Waals surface area (Å²) in [4.78, 5) is 2.35. The van der Waals surface area contributed by atoms with Crippen molar-refractivity contribution in [2.75, 3.05) is 25.1 Å². The fourth-order valence-corrected chi connectivity index (χ4v) is 3.23. The molecule has 1 fully saturated rings. The smallest absolute Gasteiger partial charge is 0.118 e. The minimum Gasteiger partial charge on any atom is -0.497 e. The second-order valence-electron chi connectivity index (χ2n) is 6.76. The van der Waals surface area contributed by atoms with Crippen molar-refractivity contribution in [2.45, 2.75) is 38.5 Å². The van der Waals surface area contributed by atoms with Crippen LogP contribution in [0, 0.1) is 0 Å². The fraction of sp³-hybridized carbons (Fsp3) is 0.429. The van der Waals surface area contributed by atoms with Crippen LogP contribution in [0.5, 0.6) is 5.75 Å². The fourth-order valence-electron chi connectivity index (χ4n) is 3.23. The Balaban J connectivity index is 1.54. The Kier molecular flexibility index (Phi) is 5.95. The number of methoxy groups -OCH3 is 1. The van der Waals surface area contributed by atoms with E-state index in [0.29, 0.717) is 6.04 Å². The van der Waals surface area contributed by atoms with Gasteiger partial charge in [-0.15, -0.1) is 0 Å². The zero-order chi connectivity index (χ0) is 17.6. The van der Waals surface area contributed by atoms with Gasteiger partial charge >= 0.3 is 0 Å². The van der Waals surface area contributed by atoms with Crippen LogP contribution in [-0.2, 0) is 6.54 Å².